The maximum absolute atomic E-state index is 12.3. The monoisotopic (exact) mass is 293 g/mol. The highest BCUT2D eigenvalue weighted by atomic mass is 16.5. The van der Waals surface area contributed by atoms with Gasteiger partial charge in [-0.1, -0.05) is 30.3 Å². The third kappa shape index (κ3) is 3.03. The Morgan fingerprint density at radius 2 is 1.86 bits per heavy atom. The molecule has 3 aromatic rings. The lowest BCUT2D eigenvalue weighted by Gasteiger charge is -2.12. The second-order valence-electron chi connectivity index (χ2n) is 4.89. The average Bonchev–Trinajstić information content (AvgIpc) is 3.09. The van der Waals surface area contributed by atoms with Crippen LogP contribution in [-0.4, -0.2) is 20.7 Å². The predicted octanol–water partition coefficient (Wildman–Crippen LogP) is 3.51. The van der Waals surface area contributed by atoms with Crippen molar-refractivity contribution in [3.8, 4) is 11.5 Å². The molecule has 1 atom stereocenters. The summed E-state index contributed by atoms with van der Waals surface area (Å²) in [5.41, 5.74) is 0.869. The quantitative estimate of drug-likeness (QED) is 0.738. The summed E-state index contributed by atoms with van der Waals surface area (Å²) < 4.78 is 7.04. The Kier molecular flexibility index (Phi) is 3.96. The molecule has 0 aliphatic heterocycles. The lowest BCUT2D eigenvalue weighted by Crippen LogP contribution is -2.18. The Morgan fingerprint density at radius 3 is 2.59 bits per heavy atom. The van der Waals surface area contributed by atoms with Crippen LogP contribution in [0.4, 0.5) is 0 Å². The van der Waals surface area contributed by atoms with Crippen LogP contribution in [0.15, 0.2) is 67.3 Å². The third-order valence-electron chi connectivity index (χ3n) is 3.35. The fourth-order valence-electron chi connectivity index (χ4n) is 2.14. The minimum atomic E-state index is -0.332. The second kappa shape index (κ2) is 6.22. The summed E-state index contributed by atoms with van der Waals surface area (Å²) in [5.74, 6) is 0.993. The Bertz CT molecular complexity index is 755. The summed E-state index contributed by atoms with van der Waals surface area (Å²) in [5, 5.41) is 3.88. The van der Waals surface area contributed by atoms with E-state index in [9.17, 15) is 4.79 Å². The summed E-state index contributed by atoms with van der Waals surface area (Å²) in [7, 11) is 0. The maximum atomic E-state index is 12.3. The van der Waals surface area contributed by atoms with E-state index in [1.165, 1.54) is 17.3 Å². The van der Waals surface area contributed by atoms with Crippen LogP contribution in [0.1, 0.15) is 23.2 Å². The van der Waals surface area contributed by atoms with Crippen molar-refractivity contribution in [1.29, 1.82) is 0 Å². The molecule has 0 fully saturated rings. The van der Waals surface area contributed by atoms with E-state index in [0.717, 1.165) is 11.3 Å². The average molecular weight is 293 g/mol. The van der Waals surface area contributed by atoms with Crippen molar-refractivity contribution in [3.63, 3.8) is 0 Å². The zero-order chi connectivity index (χ0) is 15.4. The number of carbonyl (C=O) groups excluding carboxylic acids is 1. The van der Waals surface area contributed by atoms with Gasteiger partial charge in [0.05, 0.1) is 5.92 Å². The van der Waals surface area contributed by atoms with Gasteiger partial charge >= 0.3 is 0 Å². The first-order valence-electron chi connectivity index (χ1n) is 6.96. The Balaban J connectivity index is 1.80. The lowest BCUT2D eigenvalue weighted by atomic mass is 10.0. The molecule has 5 heteroatoms. The fourth-order valence-corrected chi connectivity index (χ4v) is 2.14. The number of hydrogen-bond donors (Lipinski definition) is 0. The van der Waals surface area contributed by atoms with E-state index in [-0.39, 0.29) is 11.8 Å². The number of ether oxygens (including phenoxy) is 1. The normalized spacial score (nSPS) is 11.9. The van der Waals surface area contributed by atoms with Crippen LogP contribution in [0.2, 0.25) is 0 Å². The molecule has 0 unspecified atom stereocenters. The summed E-state index contributed by atoms with van der Waals surface area (Å²) in [6.45, 7) is 1.84. The molecule has 0 N–H and O–H groups in total. The van der Waals surface area contributed by atoms with Crippen LogP contribution < -0.4 is 4.74 Å². The van der Waals surface area contributed by atoms with Crippen LogP contribution in [0.3, 0.4) is 0 Å². The van der Waals surface area contributed by atoms with Gasteiger partial charge in [-0.05, 0) is 36.8 Å². The van der Waals surface area contributed by atoms with Crippen molar-refractivity contribution >= 4 is 5.91 Å². The molecule has 1 aromatic heterocycles. The number of aromatic nitrogens is 3. The van der Waals surface area contributed by atoms with E-state index < -0.39 is 0 Å². The first kappa shape index (κ1) is 14.0. The summed E-state index contributed by atoms with van der Waals surface area (Å²) >= 11 is 0. The molecule has 0 aliphatic rings. The number of nitrogens with zero attached hydrogens (tertiary/aromatic N) is 3. The maximum Gasteiger partial charge on any atom is 0.255 e. The second-order valence-corrected chi connectivity index (χ2v) is 4.89. The van der Waals surface area contributed by atoms with Crippen molar-refractivity contribution < 1.29 is 9.53 Å². The molecule has 0 saturated carbocycles. The van der Waals surface area contributed by atoms with Crippen molar-refractivity contribution in [2.45, 2.75) is 12.8 Å². The van der Waals surface area contributed by atoms with Gasteiger partial charge in [-0.2, -0.15) is 9.78 Å². The van der Waals surface area contributed by atoms with Crippen molar-refractivity contribution in [1.82, 2.24) is 14.8 Å². The minimum absolute atomic E-state index is 0.130. The first-order chi connectivity index (χ1) is 10.7. The molecule has 2 aromatic carbocycles. The minimum Gasteiger partial charge on any atom is -0.457 e. The highest BCUT2D eigenvalue weighted by Crippen LogP contribution is 2.25. The SMILES string of the molecule is C[C@H](C(=O)n1cncn1)c1cccc(Oc2ccccc2)c1. The standard InChI is InChI=1S/C17H15N3O2/c1-13(17(21)20-12-18-11-19-20)14-6-5-9-16(10-14)22-15-7-3-2-4-8-15/h2-13H,1H3/t13-/m0/s1. The molecule has 110 valence electrons. The molecular weight excluding hydrogens is 278 g/mol. The summed E-state index contributed by atoms with van der Waals surface area (Å²) in [6.07, 6.45) is 2.75. The largest absolute Gasteiger partial charge is 0.457 e. The molecule has 0 bridgehead atoms. The van der Waals surface area contributed by atoms with Crippen molar-refractivity contribution in [3.05, 3.63) is 72.8 Å². The van der Waals surface area contributed by atoms with Gasteiger partial charge < -0.3 is 4.74 Å². The molecule has 22 heavy (non-hydrogen) atoms. The van der Waals surface area contributed by atoms with Gasteiger partial charge in [0.2, 0.25) is 0 Å². The topological polar surface area (TPSA) is 57.0 Å². The van der Waals surface area contributed by atoms with E-state index in [2.05, 4.69) is 10.1 Å². The molecule has 0 saturated heterocycles. The van der Waals surface area contributed by atoms with E-state index in [0.29, 0.717) is 5.75 Å². The smallest absolute Gasteiger partial charge is 0.255 e. The van der Waals surface area contributed by atoms with Gasteiger partial charge in [-0.15, -0.1) is 0 Å². The number of benzene rings is 2. The summed E-state index contributed by atoms with van der Waals surface area (Å²) in [6, 6.07) is 17.0. The molecule has 0 amide bonds. The number of rotatable bonds is 4. The molecular formula is C17H15N3O2. The molecule has 3 rings (SSSR count). The highest BCUT2D eigenvalue weighted by molar-refractivity contribution is 5.84. The Labute approximate surface area is 128 Å². The number of para-hydroxylation sites is 1. The summed E-state index contributed by atoms with van der Waals surface area (Å²) in [4.78, 5) is 16.1. The van der Waals surface area contributed by atoms with Gasteiger partial charge in [-0.25, -0.2) is 4.98 Å². The third-order valence-corrected chi connectivity index (χ3v) is 3.35. The Hall–Kier alpha value is -2.95. The van der Waals surface area contributed by atoms with E-state index in [1.807, 2.05) is 61.5 Å². The Morgan fingerprint density at radius 1 is 1.09 bits per heavy atom. The van der Waals surface area contributed by atoms with Crippen molar-refractivity contribution in [2.75, 3.05) is 0 Å². The molecule has 1 heterocycles. The zero-order valence-electron chi connectivity index (χ0n) is 12.1. The van der Waals surface area contributed by atoms with Gasteiger partial charge in [0.1, 0.15) is 24.2 Å². The van der Waals surface area contributed by atoms with Gasteiger partial charge in [-0.3, -0.25) is 4.79 Å². The van der Waals surface area contributed by atoms with Crippen LogP contribution in [0.5, 0.6) is 11.5 Å². The van der Waals surface area contributed by atoms with E-state index >= 15 is 0 Å². The number of hydrogen-bond acceptors (Lipinski definition) is 4. The van der Waals surface area contributed by atoms with Gasteiger partial charge in [0.15, 0.2) is 0 Å². The first-order valence-corrected chi connectivity index (χ1v) is 6.96. The van der Waals surface area contributed by atoms with Crippen LogP contribution in [0.25, 0.3) is 0 Å². The molecule has 0 aliphatic carbocycles. The van der Waals surface area contributed by atoms with E-state index in [1.54, 1.807) is 0 Å². The lowest BCUT2D eigenvalue weighted by molar-refractivity contribution is 0.0868. The molecule has 0 spiro atoms. The van der Waals surface area contributed by atoms with Gasteiger partial charge in [0, 0.05) is 0 Å². The van der Waals surface area contributed by atoms with Crippen LogP contribution >= 0.6 is 0 Å². The fraction of sp³-hybridized carbons (Fsp3) is 0.118. The predicted molar refractivity (Wildman–Crippen MR) is 82.0 cm³/mol. The van der Waals surface area contributed by atoms with E-state index in [4.69, 9.17) is 4.74 Å². The highest BCUT2D eigenvalue weighted by Gasteiger charge is 2.18. The molecule has 0 radical (unpaired) electrons. The molecule has 5 nitrogen and oxygen atoms in total. The van der Waals surface area contributed by atoms with Crippen LogP contribution in [-0.2, 0) is 0 Å². The van der Waals surface area contributed by atoms with Gasteiger partial charge in [0.25, 0.3) is 5.91 Å². The number of carbonyl (C=O) groups is 1. The van der Waals surface area contributed by atoms with Crippen LogP contribution in [0, 0.1) is 0 Å². The zero-order valence-corrected chi connectivity index (χ0v) is 12.1. The van der Waals surface area contributed by atoms with Crippen molar-refractivity contribution in [2.24, 2.45) is 0 Å².